The minimum atomic E-state index is -5.05. The maximum atomic E-state index is 12.9. The van der Waals surface area contributed by atoms with Crippen molar-refractivity contribution in [2.75, 3.05) is 25.6 Å². The second kappa shape index (κ2) is 9.82. The standard InChI is InChI=1S/C20H18F6N2O3/c1-31-7-6-27-17(29)8-12-2-4-16(5-3-12)28-18(30)13-9-14(19(21,22)23)11-15(10-13)20(24,25)26/h2-5,9-11H,6-8H2,1H3,(H,27,29)(H,28,30). The van der Waals surface area contributed by atoms with E-state index in [1.54, 1.807) is 0 Å². The number of benzene rings is 2. The van der Waals surface area contributed by atoms with Crippen LogP contribution in [0.4, 0.5) is 32.0 Å². The molecule has 0 saturated carbocycles. The Morgan fingerprint density at radius 3 is 1.94 bits per heavy atom. The van der Waals surface area contributed by atoms with Crippen LogP contribution in [0.5, 0.6) is 0 Å². The van der Waals surface area contributed by atoms with Crippen LogP contribution in [-0.2, 0) is 28.3 Å². The van der Waals surface area contributed by atoms with Crippen molar-refractivity contribution in [1.29, 1.82) is 0 Å². The molecular weight excluding hydrogens is 430 g/mol. The Hall–Kier alpha value is -3.08. The average Bonchev–Trinajstić information content (AvgIpc) is 2.68. The number of carbonyl (C=O) groups excluding carboxylic acids is 2. The van der Waals surface area contributed by atoms with Crippen LogP contribution in [0.25, 0.3) is 0 Å². The van der Waals surface area contributed by atoms with Gasteiger partial charge in [-0.15, -0.1) is 0 Å². The van der Waals surface area contributed by atoms with Crippen molar-refractivity contribution >= 4 is 17.5 Å². The van der Waals surface area contributed by atoms with Crippen LogP contribution in [-0.4, -0.2) is 32.1 Å². The van der Waals surface area contributed by atoms with E-state index in [1.165, 1.54) is 31.4 Å². The topological polar surface area (TPSA) is 67.4 Å². The van der Waals surface area contributed by atoms with Gasteiger partial charge in [0.2, 0.25) is 5.91 Å². The van der Waals surface area contributed by atoms with E-state index in [0.717, 1.165) is 0 Å². The van der Waals surface area contributed by atoms with E-state index in [2.05, 4.69) is 10.6 Å². The lowest BCUT2D eigenvalue weighted by Gasteiger charge is -2.14. The highest BCUT2D eigenvalue weighted by atomic mass is 19.4. The Morgan fingerprint density at radius 2 is 1.45 bits per heavy atom. The zero-order chi connectivity index (χ0) is 23.2. The number of nitrogens with one attached hydrogen (secondary N) is 2. The molecule has 0 unspecified atom stereocenters. The normalized spacial score (nSPS) is 11.8. The molecule has 0 atom stereocenters. The first-order valence-electron chi connectivity index (χ1n) is 8.85. The van der Waals surface area contributed by atoms with E-state index in [9.17, 15) is 35.9 Å². The van der Waals surface area contributed by atoms with Crippen LogP contribution >= 0.6 is 0 Å². The van der Waals surface area contributed by atoms with Crippen LogP contribution in [0, 0.1) is 0 Å². The number of methoxy groups -OCH3 is 1. The number of ether oxygens (including phenoxy) is 1. The molecule has 0 aromatic heterocycles. The van der Waals surface area contributed by atoms with Crippen molar-refractivity contribution in [3.63, 3.8) is 0 Å². The first-order chi connectivity index (χ1) is 14.4. The number of hydrogen-bond acceptors (Lipinski definition) is 3. The molecule has 2 N–H and O–H groups in total. The summed E-state index contributed by atoms with van der Waals surface area (Å²) in [6.45, 7) is 0.683. The molecule has 2 aromatic rings. The summed E-state index contributed by atoms with van der Waals surface area (Å²) in [7, 11) is 1.49. The predicted octanol–water partition coefficient (Wildman–Crippen LogP) is 4.28. The fourth-order valence-electron chi connectivity index (χ4n) is 2.54. The van der Waals surface area contributed by atoms with Gasteiger partial charge < -0.3 is 15.4 Å². The second-order valence-corrected chi connectivity index (χ2v) is 6.47. The summed E-state index contributed by atoms with van der Waals surface area (Å²) < 4.78 is 82.4. The minimum absolute atomic E-state index is 0.0422. The SMILES string of the molecule is COCCNC(=O)Cc1ccc(NC(=O)c2cc(C(F)(F)F)cc(C(F)(F)F)c2)cc1. The van der Waals surface area contributed by atoms with Gasteiger partial charge in [-0.2, -0.15) is 26.3 Å². The number of carbonyl (C=O) groups is 2. The first-order valence-corrected chi connectivity index (χ1v) is 8.85. The molecule has 0 aliphatic carbocycles. The summed E-state index contributed by atoms with van der Waals surface area (Å²) in [5.41, 5.74) is -3.22. The molecule has 0 aliphatic heterocycles. The minimum Gasteiger partial charge on any atom is -0.383 e. The number of rotatable bonds is 7. The molecule has 2 aromatic carbocycles. The molecule has 31 heavy (non-hydrogen) atoms. The molecule has 2 amide bonds. The van der Waals surface area contributed by atoms with E-state index >= 15 is 0 Å². The molecule has 11 heteroatoms. The van der Waals surface area contributed by atoms with E-state index in [1.807, 2.05) is 0 Å². The zero-order valence-electron chi connectivity index (χ0n) is 16.2. The molecule has 0 heterocycles. The molecule has 2 rings (SSSR count). The Labute approximate surface area is 173 Å². The Balaban J connectivity index is 2.13. The third kappa shape index (κ3) is 7.28. The number of hydrogen-bond donors (Lipinski definition) is 2. The van der Waals surface area contributed by atoms with E-state index in [-0.39, 0.29) is 24.1 Å². The van der Waals surface area contributed by atoms with Crippen LogP contribution < -0.4 is 10.6 Å². The molecule has 0 bridgehead atoms. The van der Waals surface area contributed by atoms with Gasteiger partial charge in [-0.05, 0) is 35.9 Å². The second-order valence-electron chi connectivity index (χ2n) is 6.47. The van der Waals surface area contributed by atoms with Gasteiger partial charge in [-0.1, -0.05) is 12.1 Å². The van der Waals surface area contributed by atoms with Crippen molar-refractivity contribution in [3.05, 3.63) is 64.7 Å². The largest absolute Gasteiger partial charge is 0.416 e. The lowest BCUT2D eigenvalue weighted by Crippen LogP contribution is -2.28. The quantitative estimate of drug-likeness (QED) is 0.491. The van der Waals surface area contributed by atoms with Crippen LogP contribution in [0.15, 0.2) is 42.5 Å². The first kappa shape index (κ1) is 24.2. The van der Waals surface area contributed by atoms with Gasteiger partial charge in [0.25, 0.3) is 5.91 Å². The van der Waals surface area contributed by atoms with Crippen LogP contribution in [0.2, 0.25) is 0 Å². The monoisotopic (exact) mass is 448 g/mol. The Bertz CT molecular complexity index is 892. The van der Waals surface area contributed by atoms with Crippen LogP contribution in [0.1, 0.15) is 27.0 Å². The van der Waals surface area contributed by atoms with Gasteiger partial charge in [0.05, 0.1) is 24.2 Å². The highest BCUT2D eigenvalue weighted by molar-refractivity contribution is 6.04. The maximum absolute atomic E-state index is 12.9. The van der Waals surface area contributed by atoms with Crippen LogP contribution in [0.3, 0.4) is 0 Å². The summed E-state index contributed by atoms with van der Waals surface area (Å²) in [5, 5.41) is 4.87. The number of alkyl halides is 6. The van der Waals surface area contributed by atoms with Gasteiger partial charge in [0.15, 0.2) is 0 Å². The van der Waals surface area contributed by atoms with Crippen molar-refractivity contribution in [2.45, 2.75) is 18.8 Å². The number of anilines is 1. The fourth-order valence-corrected chi connectivity index (χ4v) is 2.54. The fraction of sp³-hybridized carbons (Fsp3) is 0.300. The molecule has 5 nitrogen and oxygen atoms in total. The molecule has 0 spiro atoms. The van der Waals surface area contributed by atoms with E-state index in [4.69, 9.17) is 4.74 Å². The van der Waals surface area contributed by atoms with Gasteiger partial charge in [0.1, 0.15) is 0 Å². The summed E-state index contributed by atoms with van der Waals surface area (Å²) >= 11 is 0. The molecule has 0 radical (unpaired) electrons. The molecule has 168 valence electrons. The highest BCUT2D eigenvalue weighted by Gasteiger charge is 2.37. The average molecular weight is 448 g/mol. The van der Waals surface area contributed by atoms with Crippen molar-refractivity contribution in [1.82, 2.24) is 5.32 Å². The zero-order valence-corrected chi connectivity index (χ0v) is 16.2. The molecule has 0 aliphatic rings. The maximum Gasteiger partial charge on any atom is 0.416 e. The smallest absolute Gasteiger partial charge is 0.383 e. The summed E-state index contributed by atoms with van der Waals surface area (Å²) in [6.07, 6.45) is -10.1. The lowest BCUT2D eigenvalue weighted by molar-refractivity contribution is -0.143. The predicted molar refractivity (Wildman–Crippen MR) is 99.4 cm³/mol. The van der Waals surface area contributed by atoms with Gasteiger partial charge in [-0.3, -0.25) is 9.59 Å². The van der Waals surface area contributed by atoms with Crippen molar-refractivity contribution < 1.29 is 40.7 Å². The lowest BCUT2D eigenvalue weighted by atomic mass is 10.0. The number of amides is 2. The summed E-state index contributed by atoms with van der Waals surface area (Å²) in [4.78, 5) is 24.0. The Morgan fingerprint density at radius 1 is 0.903 bits per heavy atom. The van der Waals surface area contributed by atoms with E-state index < -0.39 is 35.0 Å². The van der Waals surface area contributed by atoms with Gasteiger partial charge >= 0.3 is 12.4 Å². The molecular formula is C20H18F6N2O3. The Kier molecular flexibility index (Phi) is 7.66. The molecule has 0 saturated heterocycles. The van der Waals surface area contributed by atoms with Gasteiger partial charge in [-0.25, -0.2) is 0 Å². The highest BCUT2D eigenvalue weighted by Crippen LogP contribution is 2.36. The van der Waals surface area contributed by atoms with Crippen molar-refractivity contribution in [3.8, 4) is 0 Å². The summed E-state index contributed by atoms with van der Waals surface area (Å²) in [5.74, 6) is -1.40. The van der Waals surface area contributed by atoms with Gasteiger partial charge in [0, 0.05) is 24.9 Å². The number of halogens is 6. The third-order valence-corrected chi connectivity index (χ3v) is 4.05. The van der Waals surface area contributed by atoms with E-state index in [0.29, 0.717) is 30.8 Å². The third-order valence-electron chi connectivity index (χ3n) is 4.05. The summed E-state index contributed by atoms with van der Waals surface area (Å²) in [6, 6.07) is 6.41. The van der Waals surface area contributed by atoms with Crippen molar-refractivity contribution in [2.24, 2.45) is 0 Å². The molecule has 0 fully saturated rings.